The Labute approximate surface area is 137 Å². The molecule has 122 valence electrons. The molecule has 0 atom stereocenters. The van der Waals surface area contributed by atoms with Crippen molar-refractivity contribution >= 4 is 23.2 Å². The smallest absolute Gasteiger partial charge is 0.224 e. The van der Waals surface area contributed by atoms with E-state index in [0.29, 0.717) is 23.4 Å². The first-order valence-electron chi connectivity index (χ1n) is 8.00. The molecule has 1 aromatic carbocycles. The van der Waals surface area contributed by atoms with Crippen molar-refractivity contribution in [2.24, 2.45) is 17.3 Å². The quantitative estimate of drug-likeness (QED) is 0.763. The number of amides is 1. The summed E-state index contributed by atoms with van der Waals surface area (Å²) in [5.74, 6) is 0.638. The van der Waals surface area contributed by atoms with Gasteiger partial charge in [0.25, 0.3) is 0 Å². The van der Waals surface area contributed by atoms with Gasteiger partial charge in [0.2, 0.25) is 5.91 Å². The summed E-state index contributed by atoms with van der Waals surface area (Å²) >= 11 is 5.64. The van der Waals surface area contributed by atoms with Crippen LogP contribution < -0.4 is 5.32 Å². The van der Waals surface area contributed by atoms with Crippen LogP contribution in [0.3, 0.4) is 0 Å². The molecule has 0 aliphatic heterocycles. The first-order valence-corrected chi connectivity index (χ1v) is 8.38. The van der Waals surface area contributed by atoms with Gasteiger partial charge in [-0.1, -0.05) is 32.4 Å². The summed E-state index contributed by atoms with van der Waals surface area (Å²) in [6.45, 7) is 6.87. The van der Waals surface area contributed by atoms with Crippen LogP contribution in [0.2, 0.25) is 5.02 Å². The van der Waals surface area contributed by atoms with Crippen molar-refractivity contribution in [2.45, 2.75) is 52.9 Å². The number of carbonyl (C=O) groups excluding carboxylic acids is 1. The summed E-state index contributed by atoms with van der Waals surface area (Å²) < 4.78 is 13.4. The summed E-state index contributed by atoms with van der Waals surface area (Å²) in [6, 6.07) is 4.34. The molecule has 1 saturated carbocycles. The Morgan fingerprint density at radius 1 is 1.27 bits per heavy atom. The van der Waals surface area contributed by atoms with Crippen molar-refractivity contribution in [2.75, 3.05) is 5.32 Å². The van der Waals surface area contributed by atoms with Gasteiger partial charge in [-0.15, -0.1) is 0 Å². The van der Waals surface area contributed by atoms with Crippen LogP contribution in [0.25, 0.3) is 0 Å². The lowest BCUT2D eigenvalue weighted by Crippen LogP contribution is -2.27. The first kappa shape index (κ1) is 17.3. The van der Waals surface area contributed by atoms with E-state index in [0.717, 1.165) is 18.8 Å². The molecule has 0 aromatic heterocycles. The molecule has 0 unspecified atom stereocenters. The van der Waals surface area contributed by atoms with Crippen LogP contribution in [0.1, 0.15) is 52.9 Å². The Kier molecular flexibility index (Phi) is 5.49. The van der Waals surface area contributed by atoms with Crippen LogP contribution in [0.5, 0.6) is 0 Å². The lowest BCUT2D eigenvalue weighted by atomic mass is 9.69. The van der Waals surface area contributed by atoms with E-state index in [9.17, 15) is 9.18 Å². The second-order valence-corrected chi connectivity index (χ2v) is 7.87. The molecule has 2 rings (SSSR count). The SMILES string of the molecule is CC(C)(C)[C@H]1CC[C@H](CC(=O)Nc2ccc(Cl)c(F)c2)CC1. The van der Waals surface area contributed by atoms with Crippen molar-refractivity contribution in [3.05, 3.63) is 29.0 Å². The van der Waals surface area contributed by atoms with Gasteiger partial charge in [-0.25, -0.2) is 4.39 Å². The zero-order chi connectivity index (χ0) is 16.3. The number of hydrogen-bond donors (Lipinski definition) is 1. The third-order valence-electron chi connectivity index (χ3n) is 4.75. The van der Waals surface area contributed by atoms with Crippen LogP contribution in [-0.2, 0) is 4.79 Å². The Balaban J connectivity index is 1.82. The van der Waals surface area contributed by atoms with E-state index in [1.54, 1.807) is 6.07 Å². The van der Waals surface area contributed by atoms with E-state index in [2.05, 4.69) is 26.1 Å². The summed E-state index contributed by atoms with van der Waals surface area (Å²) in [4.78, 5) is 12.1. The van der Waals surface area contributed by atoms with E-state index < -0.39 is 5.82 Å². The summed E-state index contributed by atoms with van der Waals surface area (Å²) in [5, 5.41) is 2.83. The number of benzene rings is 1. The number of halogens is 2. The predicted molar refractivity (Wildman–Crippen MR) is 89.6 cm³/mol. The summed E-state index contributed by atoms with van der Waals surface area (Å²) in [7, 11) is 0. The number of nitrogens with one attached hydrogen (secondary N) is 1. The maximum Gasteiger partial charge on any atom is 0.224 e. The van der Waals surface area contributed by atoms with Gasteiger partial charge in [-0.2, -0.15) is 0 Å². The minimum absolute atomic E-state index is 0.0408. The van der Waals surface area contributed by atoms with Gasteiger partial charge in [0, 0.05) is 12.1 Å². The molecule has 0 radical (unpaired) electrons. The molecular formula is C18H25ClFNO. The zero-order valence-electron chi connectivity index (χ0n) is 13.6. The average Bonchev–Trinajstić information content (AvgIpc) is 2.42. The van der Waals surface area contributed by atoms with Crippen LogP contribution in [0.15, 0.2) is 18.2 Å². The lowest BCUT2D eigenvalue weighted by molar-refractivity contribution is -0.117. The number of anilines is 1. The average molecular weight is 326 g/mol. The van der Waals surface area contributed by atoms with Gasteiger partial charge >= 0.3 is 0 Å². The molecule has 0 spiro atoms. The molecule has 1 aliphatic carbocycles. The highest BCUT2D eigenvalue weighted by molar-refractivity contribution is 6.30. The van der Waals surface area contributed by atoms with Crippen LogP contribution in [0.4, 0.5) is 10.1 Å². The maximum absolute atomic E-state index is 13.4. The fourth-order valence-electron chi connectivity index (χ4n) is 3.28. The Hall–Kier alpha value is -1.09. The van der Waals surface area contributed by atoms with E-state index in [-0.39, 0.29) is 10.9 Å². The normalized spacial score (nSPS) is 22.4. The van der Waals surface area contributed by atoms with Gasteiger partial charge in [0.1, 0.15) is 5.82 Å². The van der Waals surface area contributed by atoms with E-state index in [1.165, 1.54) is 25.0 Å². The van der Waals surface area contributed by atoms with Gasteiger partial charge in [-0.05, 0) is 61.1 Å². The van der Waals surface area contributed by atoms with Crippen molar-refractivity contribution in [3.8, 4) is 0 Å². The van der Waals surface area contributed by atoms with Crippen molar-refractivity contribution in [1.29, 1.82) is 0 Å². The van der Waals surface area contributed by atoms with Crippen molar-refractivity contribution in [1.82, 2.24) is 0 Å². The molecule has 1 aromatic rings. The maximum atomic E-state index is 13.4. The van der Waals surface area contributed by atoms with Crippen LogP contribution in [-0.4, -0.2) is 5.91 Å². The highest BCUT2D eigenvalue weighted by Gasteiger charge is 2.30. The van der Waals surface area contributed by atoms with Gasteiger partial charge in [0.05, 0.1) is 5.02 Å². The molecule has 1 aliphatic rings. The molecule has 2 nitrogen and oxygen atoms in total. The fraction of sp³-hybridized carbons (Fsp3) is 0.611. The van der Waals surface area contributed by atoms with Crippen molar-refractivity contribution < 1.29 is 9.18 Å². The third-order valence-corrected chi connectivity index (χ3v) is 5.06. The molecular weight excluding hydrogens is 301 g/mol. The minimum atomic E-state index is -0.509. The molecule has 1 fully saturated rings. The van der Waals surface area contributed by atoms with Gasteiger partial charge < -0.3 is 5.32 Å². The van der Waals surface area contributed by atoms with Gasteiger partial charge in [-0.3, -0.25) is 4.79 Å². The van der Waals surface area contributed by atoms with E-state index in [4.69, 9.17) is 11.6 Å². The predicted octanol–water partition coefficient (Wildman–Crippen LogP) is 5.66. The van der Waals surface area contributed by atoms with Crippen molar-refractivity contribution in [3.63, 3.8) is 0 Å². The minimum Gasteiger partial charge on any atom is -0.326 e. The van der Waals surface area contributed by atoms with E-state index >= 15 is 0 Å². The van der Waals surface area contributed by atoms with Gasteiger partial charge in [0.15, 0.2) is 0 Å². The van der Waals surface area contributed by atoms with E-state index in [1.807, 2.05) is 0 Å². The number of hydrogen-bond acceptors (Lipinski definition) is 1. The largest absolute Gasteiger partial charge is 0.326 e. The second-order valence-electron chi connectivity index (χ2n) is 7.46. The third kappa shape index (κ3) is 4.70. The monoisotopic (exact) mass is 325 g/mol. The first-order chi connectivity index (χ1) is 10.3. The zero-order valence-corrected chi connectivity index (χ0v) is 14.3. The number of carbonyl (C=O) groups is 1. The Morgan fingerprint density at radius 3 is 2.45 bits per heavy atom. The second kappa shape index (κ2) is 6.99. The van der Waals surface area contributed by atoms with Crippen LogP contribution >= 0.6 is 11.6 Å². The highest BCUT2D eigenvalue weighted by atomic mass is 35.5. The Bertz CT molecular complexity index is 530. The molecule has 0 bridgehead atoms. The fourth-order valence-corrected chi connectivity index (χ4v) is 3.40. The summed E-state index contributed by atoms with van der Waals surface area (Å²) in [6.07, 6.45) is 5.10. The molecule has 0 heterocycles. The number of rotatable bonds is 3. The molecule has 0 saturated heterocycles. The summed E-state index contributed by atoms with van der Waals surface area (Å²) in [5.41, 5.74) is 0.823. The van der Waals surface area contributed by atoms with Crippen LogP contribution in [0, 0.1) is 23.1 Å². The molecule has 4 heteroatoms. The molecule has 1 N–H and O–H groups in total. The standard InChI is InChI=1S/C18H25ClFNO/c1-18(2,3)13-6-4-12(5-7-13)10-17(22)21-14-8-9-15(19)16(20)11-14/h8-9,11-13H,4-7,10H2,1-3H3,(H,21,22)/t12-,13-. The lowest BCUT2D eigenvalue weighted by Gasteiger charge is -2.36. The molecule has 22 heavy (non-hydrogen) atoms. The Morgan fingerprint density at radius 2 is 1.91 bits per heavy atom. The topological polar surface area (TPSA) is 29.1 Å². The highest BCUT2D eigenvalue weighted by Crippen LogP contribution is 2.40. The molecule has 1 amide bonds.